The Balaban J connectivity index is 1.43. The summed E-state index contributed by atoms with van der Waals surface area (Å²) in [5, 5.41) is 0. The van der Waals surface area contributed by atoms with E-state index in [1.807, 2.05) is 35.2 Å². The molecule has 2 saturated carbocycles. The molecule has 1 aliphatic heterocycles. The fourth-order valence-corrected chi connectivity index (χ4v) is 3.20. The highest BCUT2D eigenvalue weighted by molar-refractivity contribution is 6.04. The monoisotopic (exact) mass is 327 g/mol. The molecule has 0 radical (unpaired) electrons. The molecule has 2 aliphatic carbocycles. The maximum atomic E-state index is 12.7. The average Bonchev–Trinajstić information content (AvgIpc) is 3.47. The molecular weight excluding hydrogens is 306 g/mol. The van der Waals surface area contributed by atoms with Gasteiger partial charge in [0.2, 0.25) is 5.91 Å². The van der Waals surface area contributed by atoms with Gasteiger partial charge in [-0.15, -0.1) is 0 Å². The molecule has 126 valence electrons. The van der Waals surface area contributed by atoms with Crippen molar-refractivity contribution < 1.29 is 14.4 Å². The van der Waals surface area contributed by atoms with Crippen LogP contribution in [0.2, 0.25) is 0 Å². The first-order valence-electron chi connectivity index (χ1n) is 8.58. The number of carbonyl (C=O) groups is 3. The molecule has 1 heterocycles. The molecule has 4 rings (SSSR count). The Bertz CT molecular complexity index is 667. The lowest BCUT2D eigenvalue weighted by Crippen LogP contribution is -2.44. The van der Waals surface area contributed by atoms with Crippen molar-refractivity contribution >= 4 is 17.8 Å². The van der Waals surface area contributed by atoms with Crippen molar-refractivity contribution in [3.63, 3.8) is 0 Å². The number of hydrogen-bond donors (Lipinski definition) is 0. The second-order valence-electron chi connectivity index (χ2n) is 6.86. The smallest absolute Gasteiger partial charge is 0.327 e. The van der Waals surface area contributed by atoms with Crippen LogP contribution < -0.4 is 0 Å². The van der Waals surface area contributed by atoms with Crippen LogP contribution in [0.3, 0.4) is 0 Å². The van der Waals surface area contributed by atoms with Gasteiger partial charge in [-0.05, 0) is 31.2 Å². The maximum absolute atomic E-state index is 12.7. The van der Waals surface area contributed by atoms with Gasteiger partial charge < -0.3 is 9.80 Å². The van der Waals surface area contributed by atoms with E-state index in [1.165, 1.54) is 0 Å². The van der Waals surface area contributed by atoms with Gasteiger partial charge in [-0.25, -0.2) is 4.79 Å². The number of hydrogen-bond acceptors (Lipinski definition) is 3. The van der Waals surface area contributed by atoms with E-state index in [-0.39, 0.29) is 43.0 Å². The third-order valence-electron chi connectivity index (χ3n) is 4.87. The third-order valence-corrected chi connectivity index (χ3v) is 4.87. The largest absolute Gasteiger partial charge is 0.334 e. The molecule has 3 aliphatic rings. The second kappa shape index (κ2) is 5.92. The Labute approximate surface area is 141 Å². The molecule has 0 spiro atoms. The molecular formula is C18H21N3O3. The van der Waals surface area contributed by atoms with Crippen molar-refractivity contribution in [2.45, 2.75) is 44.3 Å². The van der Waals surface area contributed by atoms with E-state index in [4.69, 9.17) is 0 Å². The number of carbonyl (C=O) groups excluding carboxylic acids is 3. The van der Waals surface area contributed by atoms with E-state index in [9.17, 15) is 14.4 Å². The van der Waals surface area contributed by atoms with Gasteiger partial charge in [0.25, 0.3) is 5.91 Å². The number of urea groups is 1. The van der Waals surface area contributed by atoms with Crippen LogP contribution in [-0.4, -0.2) is 57.7 Å². The van der Waals surface area contributed by atoms with Gasteiger partial charge in [-0.2, -0.15) is 0 Å². The highest BCUT2D eigenvalue weighted by Crippen LogP contribution is 2.31. The Morgan fingerprint density at radius 1 is 1.08 bits per heavy atom. The van der Waals surface area contributed by atoms with Crippen molar-refractivity contribution in [2.75, 3.05) is 13.1 Å². The lowest BCUT2D eigenvalue weighted by molar-refractivity contribution is -0.137. The molecule has 1 aromatic rings. The predicted molar refractivity (Wildman–Crippen MR) is 86.9 cm³/mol. The highest BCUT2D eigenvalue weighted by atomic mass is 16.2. The molecule has 24 heavy (non-hydrogen) atoms. The fraction of sp³-hybridized carbons (Fsp3) is 0.500. The second-order valence-corrected chi connectivity index (χ2v) is 6.86. The van der Waals surface area contributed by atoms with E-state index in [0.29, 0.717) is 6.54 Å². The van der Waals surface area contributed by atoms with Gasteiger partial charge in [0.1, 0.15) is 13.1 Å². The molecule has 6 nitrogen and oxygen atoms in total. The fourth-order valence-electron chi connectivity index (χ4n) is 3.20. The Morgan fingerprint density at radius 3 is 2.42 bits per heavy atom. The van der Waals surface area contributed by atoms with Gasteiger partial charge >= 0.3 is 6.03 Å². The normalized spacial score (nSPS) is 20.7. The number of imide groups is 1. The van der Waals surface area contributed by atoms with Crippen LogP contribution in [-0.2, 0) is 16.1 Å². The van der Waals surface area contributed by atoms with Crippen molar-refractivity contribution in [1.29, 1.82) is 0 Å². The SMILES string of the molecule is O=C1CN(C2CC2)C(=O)N1CC(=O)N(Cc1ccccc1)C1CC1. The minimum Gasteiger partial charge on any atom is -0.334 e. The van der Waals surface area contributed by atoms with Gasteiger partial charge in [-0.3, -0.25) is 14.5 Å². The summed E-state index contributed by atoms with van der Waals surface area (Å²) >= 11 is 0. The predicted octanol–water partition coefficient (Wildman–Crippen LogP) is 1.60. The van der Waals surface area contributed by atoms with E-state index in [0.717, 1.165) is 36.1 Å². The zero-order valence-electron chi connectivity index (χ0n) is 13.6. The molecule has 0 atom stereocenters. The van der Waals surface area contributed by atoms with E-state index < -0.39 is 0 Å². The summed E-state index contributed by atoms with van der Waals surface area (Å²) in [7, 11) is 0. The van der Waals surface area contributed by atoms with Gasteiger partial charge in [0.05, 0.1) is 0 Å². The van der Waals surface area contributed by atoms with E-state index in [2.05, 4.69) is 0 Å². The van der Waals surface area contributed by atoms with Crippen LogP contribution in [0.5, 0.6) is 0 Å². The quantitative estimate of drug-likeness (QED) is 0.746. The van der Waals surface area contributed by atoms with Crippen molar-refractivity contribution in [1.82, 2.24) is 14.7 Å². The summed E-state index contributed by atoms with van der Waals surface area (Å²) in [6.07, 6.45) is 3.91. The molecule has 6 heteroatoms. The number of benzene rings is 1. The summed E-state index contributed by atoms with van der Waals surface area (Å²) in [5.41, 5.74) is 1.07. The van der Waals surface area contributed by atoms with Gasteiger partial charge in [-0.1, -0.05) is 30.3 Å². The minimum absolute atomic E-state index is 0.124. The standard InChI is InChI=1S/C18H21N3O3/c22-16(12-21-17(23)11-20(18(21)24)15-8-9-15)19(14-6-7-14)10-13-4-2-1-3-5-13/h1-5,14-15H,6-12H2. The first kappa shape index (κ1) is 15.2. The topological polar surface area (TPSA) is 60.9 Å². The third kappa shape index (κ3) is 3.00. The summed E-state index contributed by atoms with van der Waals surface area (Å²) in [6, 6.07) is 9.97. The molecule has 4 amide bonds. The molecule has 1 saturated heterocycles. The van der Waals surface area contributed by atoms with Crippen LogP contribution in [0.15, 0.2) is 30.3 Å². The molecule has 0 bridgehead atoms. The summed E-state index contributed by atoms with van der Waals surface area (Å²) in [6.45, 7) is 0.524. The Hall–Kier alpha value is -2.37. The van der Waals surface area contributed by atoms with Crippen LogP contribution in [0, 0.1) is 0 Å². The maximum Gasteiger partial charge on any atom is 0.327 e. The number of amides is 4. The van der Waals surface area contributed by atoms with Crippen LogP contribution in [0.25, 0.3) is 0 Å². The van der Waals surface area contributed by atoms with Crippen molar-refractivity contribution in [2.24, 2.45) is 0 Å². The molecule has 0 N–H and O–H groups in total. The number of rotatable bonds is 6. The number of nitrogens with zero attached hydrogens (tertiary/aromatic N) is 3. The minimum atomic E-state index is -0.300. The van der Waals surface area contributed by atoms with E-state index in [1.54, 1.807) is 4.90 Å². The Kier molecular flexibility index (Phi) is 3.75. The molecule has 0 aromatic heterocycles. The average molecular weight is 327 g/mol. The van der Waals surface area contributed by atoms with Gasteiger partial charge in [0.15, 0.2) is 0 Å². The Morgan fingerprint density at radius 2 is 1.79 bits per heavy atom. The van der Waals surface area contributed by atoms with Crippen LogP contribution >= 0.6 is 0 Å². The highest BCUT2D eigenvalue weighted by Gasteiger charge is 2.45. The van der Waals surface area contributed by atoms with Crippen LogP contribution in [0.4, 0.5) is 4.79 Å². The van der Waals surface area contributed by atoms with Gasteiger partial charge in [0, 0.05) is 18.6 Å². The lowest BCUT2D eigenvalue weighted by atomic mass is 10.2. The molecule has 0 unspecified atom stereocenters. The first-order chi connectivity index (χ1) is 11.6. The summed E-state index contributed by atoms with van der Waals surface area (Å²) < 4.78 is 0. The van der Waals surface area contributed by atoms with E-state index >= 15 is 0 Å². The van der Waals surface area contributed by atoms with Crippen molar-refractivity contribution in [3.05, 3.63) is 35.9 Å². The molecule has 1 aromatic carbocycles. The first-order valence-corrected chi connectivity index (χ1v) is 8.58. The summed E-state index contributed by atoms with van der Waals surface area (Å²) in [5.74, 6) is -0.392. The van der Waals surface area contributed by atoms with Crippen molar-refractivity contribution in [3.8, 4) is 0 Å². The lowest BCUT2D eigenvalue weighted by Gasteiger charge is -2.25. The summed E-state index contributed by atoms with van der Waals surface area (Å²) in [4.78, 5) is 41.8. The molecule has 3 fully saturated rings. The van der Waals surface area contributed by atoms with Crippen LogP contribution in [0.1, 0.15) is 31.2 Å². The zero-order chi connectivity index (χ0) is 16.7. The zero-order valence-corrected chi connectivity index (χ0v) is 13.6.